The van der Waals surface area contributed by atoms with Gasteiger partial charge in [0.1, 0.15) is 23.8 Å². The molecule has 2 aromatic heterocycles. The smallest absolute Gasteiger partial charge is 0.308 e. The minimum absolute atomic E-state index is 0.0730. The maximum absolute atomic E-state index is 12.2. The van der Waals surface area contributed by atoms with E-state index < -0.39 is 0 Å². The third-order valence-corrected chi connectivity index (χ3v) is 3.98. The van der Waals surface area contributed by atoms with Gasteiger partial charge in [-0.15, -0.1) is 0 Å². The summed E-state index contributed by atoms with van der Waals surface area (Å²) in [7, 11) is 0. The number of amides is 2. The summed E-state index contributed by atoms with van der Waals surface area (Å²) in [4.78, 5) is 24.7. The van der Waals surface area contributed by atoms with Crippen LogP contribution in [0, 0.1) is 6.92 Å². The first kappa shape index (κ1) is 17.6. The molecule has 26 heavy (non-hydrogen) atoms. The summed E-state index contributed by atoms with van der Waals surface area (Å²) in [6.07, 6.45) is 4.90. The topological polar surface area (TPSA) is 84.7 Å². The van der Waals surface area contributed by atoms with Gasteiger partial charge < -0.3 is 5.32 Å². The number of rotatable bonds is 3. The average Bonchev–Trinajstić information content (AvgIpc) is 3.01. The van der Waals surface area contributed by atoms with Gasteiger partial charge in [0.05, 0.1) is 0 Å². The van der Waals surface area contributed by atoms with Crippen molar-refractivity contribution in [2.75, 3.05) is 10.6 Å². The molecule has 134 valence electrons. The molecule has 0 unspecified atom stereocenters. The van der Waals surface area contributed by atoms with Crippen LogP contribution in [-0.4, -0.2) is 25.6 Å². The van der Waals surface area contributed by atoms with E-state index in [9.17, 15) is 4.79 Å². The first-order valence-corrected chi connectivity index (χ1v) is 8.34. The maximum atomic E-state index is 12.2. The summed E-state index contributed by atoms with van der Waals surface area (Å²) in [5.74, 6) is 1.85. The molecule has 0 saturated heterocycles. The van der Waals surface area contributed by atoms with Crippen molar-refractivity contribution in [1.82, 2.24) is 19.5 Å². The Labute approximate surface area is 152 Å². The van der Waals surface area contributed by atoms with E-state index in [1.54, 1.807) is 18.5 Å². The Hall–Kier alpha value is -3.22. The predicted molar refractivity (Wildman–Crippen MR) is 102 cm³/mol. The van der Waals surface area contributed by atoms with E-state index in [2.05, 4.69) is 46.4 Å². The highest BCUT2D eigenvalue weighted by Gasteiger charge is 2.13. The number of nitrogens with zero attached hydrogens (tertiary/aromatic N) is 4. The lowest BCUT2D eigenvalue weighted by Gasteiger charge is -2.19. The SMILES string of the molecule is Cc1nccn1-c1cc(NC(=O)Nc2ccc(C(C)(C)C)cc2)ncn1. The molecule has 0 aliphatic carbocycles. The first-order valence-electron chi connectivity index (χ1n) is 8.34. The summed E-state index contributed by atoms with van der Waals surface area (Å²) in [6, 6.07) is 9.14. The van der Waals surface area contributed by atoms with E-state index in [0.29, 0.717) is 11.6 Å². The molecule has 3 aromatic rings. The number of aryl methyl sites for hydroxylation is 1. The van der Waals surface area contributed by atoms with Gasteiger partial charge in [0.15, 0.2) is 0 Å². The van der Waals surface area contributed by atoms with Crippen LogP contribution in [-0.2, 0) is 5.41 Å². The third kappa shape index (κ3) is 4.05. The molecule has 7 nitrogen and oxygen atoms in total. The Balaban J connectivity index is 1.68. The maximum Gasteiger partial charge on any atom is 0.324 e. The first-order chi connectivity index (χ1) is 12.3. The second-order valence-corrected chi connectivity index (χ2v) is 7.01. The van der Waals surface area contributed by atoms with Gasteiger partial charge in [0, 0.05) is 24.1 Å². The van der Waals surface area contributed by atoms with Crippen LogP contribution in [0.2, 0.25) is 0 Å². The normalized spacial score (nSPS) is 11.2. The van der Waals surface area contributed by atoms with E-state index in [0.717, 1.165) is 11.5 Å². The third-order valence-electron chi connectivity index (χ3n) is 3.98. The molecule has 7 heteroatoms. The van der Waals surface area contributed by atoms with Crippen LogP contribution in [0.3, 0.4) is 0 Å². The molecule has 2 heterocycles. The van der Waals surface area contributed by atoms with E-state index in [1.165, 1.54) is 11.9 Å². The van der Waals surface area contributed by atoms with Crippen molar-refractivity contribution in [3.05, 3.63) is 60.4 Å². The fourth-order valence-electron chi connectivity index (χ4n) is 2.50. The average molecular weight is 350 g/mol. The van der Waals surface area contributed by atoms with Crippen LogP contribution in [0.1, 0.15) is 32.2 Å². The van der Waals surface area contributed by atoms with Gasteiger partial charge in [-0.1, -0.05) is 32.9 Å². The molecule has 0 aliphatic rings. The summed E-state index contributed by atoms with van der Waals surface area (Å²) in [5, 5.41) is 5.53. The lowest BCUT2D eigenvalue weighted by Crippen LogP contribution is -2.20. The lowest BCUT2D eigenvalue weighted by atomic mass is 9.87. The molecule has 0 saturated carbocycles. The highest BCUT2D eigenvalue weighted by Crippen LogP contribution is 2.23. The number of benzene rings is 1. The molecular weight excluding hydrogens is 328 g/mol. The molecule has 1 aromatic carbocycles. The summed E-state index contributed by atoms with van der Waals surface area (Å²) < 4.78 is 1.82. The van der Waals surface area contributed by atoms with Gasteiger partial charge >= 0.3 is 6.03 Å². The van der Waals surface area contributed by atoms with Crippen molar-refractivity contribution in [2.45, 2.75) is 33.1 Å². The number of aromatic nitrogens is 4. The summed E-state index contributed by atoms with van der Waals surface area (Å²) >= 11 is 0. The molecule has 0 fully saturated rings. The van der Waals surface area contributed by atoms with Crippen molar-refractivity contribution in [3.63, 3.8) is 0 Å². The number of urea groups is 1. The number of hydrogen-bond acceptors (Lipinski definition) is 4. The van der Waals surface area contributed by atoms with Gasteiger partial charge in [0.2, 0.25) is 0 Å². The Morgan fingerprint density at radius 3 is 2.38 bits per heavy atom. The summed E-state index contributed by atoms with van der Waals surface area (Å²) in [6.45, 7) is 8.33. The van der Waals surface area contributed by atoms with Crippen molar-refractivity contribution >= 4 is 17.5 Å². The van der Waals surface area contributed by atoms with Crippen LogP contribution in [0.5, 0.6) is 0 Å². The molecule has 2 amide bonds. The van der Waals surface area contributed by atoms with Crippen LogP contribution < -0.4 is 10.6 Å². The molecule has 0 aliphatic heterocycles. The number of anilines is 2. The standard InChI is InChI=1S/C19H22N6O/c1-13-20-9-10-25(13)17-11-16(21-12-22-17)24-18(26)23-15-7-5-14(6-8-15)19(2,3)4/h5-12H,1-4H3,(H2,21,22,23,24,26). The molecule has 3 rings (SSSR count). The number of hydrogen-bond donors (Lipinski definition) is 2. The molecule has 0 radical (unpaired) electrons. The van der Waals surface area contributed by atoms with E-state index in [-0.39, 0.29) is 11.4 Å². The largest absolute Gasteiger partial charge is 0.324 e. The minimum Gasteiger partial charge on any atom is -0.308 e. The Bertz CT molecular complexity index is 908. The zero-order chi connectivity index (χ0) is 18.7. The second-order valence-electron chi connectivity index (χ2n) is 7.01. The number of carbonyl (C=O) groups is 1. The Morgan fingerprint density at radius 2 is 1.77 bits per heavy atom. The summed E-state index contributed by atoms with van der Waals surface area (Å²) in [5.41, 5.74) is 2.00. The fraction of sp³-hybridized carbons (Fsp3) is 0.263. The van der Waals surface area contributed by atoms with Crippen LogP contribution in [0.25, 0.3) is 5.82 Å². The Morgan fingerprint density at radius 1 is 1.04 bits per heavy atom. The van der Waals surface area contributed by atoms with Crippen molar-refractivity contribution in [3.8, 4) is 5.82 Å². The van der Waals surface area contributed by atoms with E-state index in [4.69, 9.17) is 0 Å². The van der Waals surface area contributed by atoms with Gasteiger partial charge in [-0.3, -0.25) is 9.88 Å². The highest BCUT2D eigenvalue weighted by atomic mass is 16.2. The predicted octanol–water partition coefficient (Wildman–Crippen LogP) is 3.91. The van der Waals surface area contributed by atoms with Gasteiger partial charge in [0.25, 0.3) is 0 Å². The van der Waals surface area contributed by atoms with Crippen molar-refractivity contribution < 1.29 is 4.79 Å². The van der Waals surface area contributed by atoms with Gasteiger partial charge in [-0.25, -0.2) is 19.7 Å². The molecule has 0 atom stereocenters. The highest BCUT2D eigenvalue weighted by molar-refractivity contribution is 5.99. The number of nitrogens with one attached hydrogen (secondary N) is 2. The van der Waals surface area contributed by atoms with Crippen LogP contribution in [0.15, 0.2) is 49.1 Å². The zero-order valence-corrected chi connectivity index (χ0v) is 15.3. The van der Waals surface area contributed by atoms with E-state index in [1.807, 2.05) is 35.8 Å². The zero-order valence-electron chi connectivity index (χ0n) is 15.3. The lowest BCUT2D eigenvalue weighted by molar-refractivity contribution is 0.262. The second kappa shape index (κ2) is 6.95. The van der Waals surface area contributed by atoms with Crippen molar-refractivity contribution in [1.29, 1.82) is 0 Å². The van der Waals surface area contributed by atoms with Gasteiger partial charge in [-0.05, 0) is 30.0 Å². The molecule has 0 bridgehead atoms. The van der Waals surface area contributed by atoms with Crippen molar-refractivity contribution in [2.24, 2.45) is 0 Å². The molecule has 2 N–H and O–H groups in total. The quantitative estimate of drug-likeness (QED) is 0.750. The Kier molecular flexibility index (Phi) is 4.71. The number of carbonyl (C=O) groups excluding carboxylic acids is 1. The number of imidazole rings is 1. The van der Waals surface area contributed by atoms with Crippen LogP contribution >= 0.6 is 0 Å². The van der Waals surface area contributed by atoms with Crippen LogP contribution in [0.4, 0.5) is 16.3 Å². The fourth-order valence-corrected chi connectivity index (χ4v) is 2.50. The van der Waals surface area contributed by atoms with E-state index >= 15 is 0 Å². The molecule has 0 spiro atoms. The molecular formula is C19H22N6O. The van der Waals surface area contributed by atoms with Gasteiger partial charge in [-0.2, -0.15) is 0 Å². The monoisotopic (exact) mass is 350 g/mol. The minimum atomic E-state index is -0.361.